The van der Waals surface area contributed by atoms with Crippen LogP contribution in [0.5, 0.6) is 0 Å². The van der Waals surface area contributed by atoms with Gasteiger partial charge in [0.1, 0.15) is 0 Å². The van der Waals surface area contributed by atoms with Gasteiger partial charge in [0.05, 0.1) is 5.69 Å². The first kappa shape index (κ1) is 12.9. The first-order valence-electron chi connectivity index (χ1n) is 5.04. The molecular weight excluding hydrogens is 267 g/mol. The molecule has 7 heteroatoms. The van der Waals surface area contributed by atoms with E-state index in [1.165, 1.54) is 12.1 Å². The fraction of sp³-hybridized carbons (Fsp3) is 0.182. The minimum atomic E-state index is -4.56. The molecule has 0 aliphatic heterocycles. The van der Waals surface area contributed by atoms with Crippen LogP contribution in [0.15, 0.2) is 24.3 Å². The summed E-state index contributed by atoms with van der Waals surface area (Å²) in [5.41, 5.74) is 4.79. The number of halogens is 4. The summed E-state index contributed by atoms with van der Waals surface area (Å²) < 4.78 is 38.5. The number of rotatable bonds is 2. The Hall–Kier alpha value is -1.53. The van der Waals surface area contributed by atoms with Crippen LogP contribution >= 0.6 is 11.6 Å². The Morgan fingerprint density at radius 3 is 2.50 bits per heavy atom. The maximum Gasteiger partial charge on any atom is 0.435 e. The quantitative estimate of drug-likeness (QED) is 0.884. The van der Waals surface area contributed by atoms with E-state index in [9.17, 15) is 13.2 Å². The van der Waals surface area contributed by atoms with Crippen LogP contribution < -0.4 is 5.73 Å². The predicted octanol–water partition coefficient (Wildman–Crippen LogP) is 3.21. The van der Waals surface area contributed by atoms with Gasteiger partial charge in [0.2, 0.25) is 0 Å². The number of nitrogens with one attached hydrogen (secondary N) is 1. The van der Waals surface area contributed by atoms with Gasteiger partial charge >= 0.3 is 6.18 Å². The number of aromatic amines is 1. The van der Waals surface area contributed by atoms with Crippen molar-refractivity contribution in [2.75, 3.05) is 0 Å². The van der Waals surface area contributed by atoms with Gasteiger partial charge in [0.15, 0.2) is 5.69 Å². The van der Waals surface area contributed by atoms with Crippen molar-refractivity contribution in [1.29, 1.82) is 0 Å². The summed E-state index contributed by atoms with van der Waals surface area (Å²) in [5, 5.41) is 5.81. The minimum absolute atomic E-state index is 0.0797. The molecule has 3 N–H and O–H groups in total. The third-order valence-corrected chi connectivity index (χ3v) is 2.79. The second-order valence-electron chi connectivity index (χ2n) is 3.61. The minimum Gasteiger partial charge on any atom is -0.325 e. The van der Waals surface area contributed by atoms with Crippen molar-refractivity contribution in [3.8, 4) is 11.1 Å². The van der Waals surface area contributed by atoms with Crippen molar-refractivity contribution >= 4 is 11.6 Å². The van der Waals surface area contributed by atoms with Crippen molar-refractivity contribution < 1.29 is 13.2 Å². The standard InChI is InChI=1S/C11H9ClF3N3/c12-7-4-2-1-3-6(7)9-8(5-16)17-18-10(9)11(13,14)15/h1-4H,5,16H2,(H,17,18). The van der Waals surface area contributed by atoms with Gasteiger partial charge in [-0.3, -0.25) is 5.10 Å². The van der Waals surface area contributed by atoms with E-state index in [0.29, 0.717) is 0 Å². The van der Waals surface area contributed by atoms with Crippen molar-refractivity contribution in [2.45, 2.75) is 12.7 Å². The molecular formula is C11H9ClF3N3. The highest BCUT2D eigenvalue weighted by Crippen LogP contribution is 2.39. The highest BCUT2D eigenvalue weighted by molar-refractivity contribution is 6.33. The molecule has 3 nitrogen and oxygen atoms in total. The van der Waals surface area contributed by atoms with Crippen LogP contribution in [0.25, 0.3) is 11.1 Å². The molecule has 96 valence electrons. The fourth-order valence-corrected chi connectivity index (χ4v) is 1.92. The van der Waals surface area contributed by atoms with E-state index >= 15 is 0 Å². The summed E-state index contributed by atoms with van der Waals surface area (Å²) in [5.74, 6) is 0. The second-order valence-corrected chi connectivity index (χ2v) is 4.01. The van der Waals surface area contributed by atoms with Gasteiger partial charge in [0.25, 0.3) is 0 Å². The molecule has 1 heterocycles. The molecule has 0 amide bonds. The largest absolute Gasteiger partial charge is 0.435 e. The lowest BCUT2D eigenvalue weighted by molar-refractivity contribution is -0.140. The average Bonchev–Trinajstić information content (AvgIpc) is 2.72. The van der Waals surface area contributed by atoms with Crippen molar-refractivity contribution in [3.63, 3.8) is 0 Å². The molecule has 2 rings (SSSR count). The number of alkyl halides is 3. The molecule has 0 fully saturated rings. The normalized spacial score (nSPS) is 11.8. The van der Waals surface area contributed by atoms with E-state index in [4.69, 9.17) is 17.3 Å². The molecule has 1 aromatic heterocycles. The van der Waals surface area contributed by atoms with E-state index in [-0.39, 0.29) is 28.4 Å². The third kappa shape index (κ3) is 2.21. The summed E-state index contributed by atoms with van der Waals surface area (Å²) in [6, 6.07) is 6.27. The molecule has 18 heavy (non-hydrogen) atoms. The third-order valence-electron chi connectivity index (χ3n) is 2.46. The smallest absolute Gasteiger partial charge is 0.325 e. The summed E-state index contributed by atoms with van der Waals surface area (Å²) in [4.78, 5) is 0. The molecule has 0 atom stereocenters. The lowest BCUT2D eigenvalue weighted by Gasteiger charge is -2.09. The van der Waals surface area contributed by atoms with Gasteiger partial charge in [-0.25, -0.2) is 0 Å². The number of nitrogens with two attached hydrogens (primary N) is 1. The van der Waals surface area contributed by atoms with Crippen molar-refractivity contribution in [1.82, 2.24) is 10.2 Å². The molecule has 2 aromatic rings. The second kappa shape index (κ2) is 4.62. The molecule has 0 unspecified atom stereocenters. The zero-order chi connectivity index (χ0) is 13.3. The number of H-pyrrole nitrogens is 1. The van der Waals surface area contributed by atoms with Gasteiger partial charge in [0, 0.05) is 22.7 Å². The Morgan fingerprint density at radius 1 is 1.28 bits per heavy atom. The first-order chi connectivity index (χ1) is 8.45. The summed E-state index contributed by atoms with van der Waals surface area (Å²) in [6.07, 6.45) is -4.56. The highest BCUT2D eigenvalue weighted by atomic mass is 35.5. The maximum atomic E-state index is 12.8. The van der Waals surface area contributed by atoms with Gasteiger partial charge in [-0.05, 0) is 6.07 Å². The molecule has 0 aliphatic carbocycles. The summed E-state index contributed by atoms with van der Waals surface area (Å²) in [7, 11) is 0. The summed E-state index contributed by atoms with van der Waals surface area (Å²) in [6.45, 7) is -0.0797. The molecule has 0 saturated heterocycles. The lowest BCUT2D eigenvalue weighted by atomic mass is 10.0. The van der Waals surface area contributed by atoms with Gasteiger partial charge < -0.3 is 5.73 Å². The van der Waals surface area contributed by atoms with Gasteiger partial charge in [-0.1, -0.05) is 29.8 Å². The van der Waals surface area contributed by atoms with Gasteiger partial charge in [-0.2, -0.15) is 18.3 Å². The number of hydrogen-bond acceptors (Lipinski definition) is 2. The molecule has 0 spiro atoms. The Morgan fingerprint density at radius 2 is 1.94 bits per heavy atom. The van der Waals surface area contributed by atoms with Crippen LogP contribution in [-0.4, -0.2) is 10.2 Å². The fourth-order valence-electron chi connectivity index (χ4n) is 1.69. The van der Waals surface area contributed by atoms with Crippen molar-refractivity contribution in [3.05, 3.63) is 40.7 Å². The lowest BCUT2D eigenvalue weighted by Crippen LogP contribution is -2.08. The Bertz CT molecular complexity index is 563. The predicted molar refractivity (Wildman–Crippen MR) is 61.9 cm³/mol. The van der Waals surface area contributed by atoms with E-state index in [1.54, 1.807) is 12.1 Å². The Kier molecular flexibility index (Phi) is 3.32. The van der Waals surface area contributed by atoms with Crippen LogP contribution in [0.1, 0.15) is 11.4 Å². The zero-order valence-corrected chi connectivity index (χ0v) is 9.81. The van der Waals surface area contributed by atoms with Crippen LogP contribution in [0, 0.1) is 0 Å². The molecule has 0 saturated carbocycles. The molecule has 0 radical (unpaired) electrons. The maximum absolute atomic E-state index is 12.8. The summed E-state index contributed by atoms with van der Waals surface area (Å²) >= 11 is 5.92. The number of nitrogens with zero attached hydrogens (tertiary/aromatic N) is 1. The van der Waals surface area contributed by atoms with Crippen molar-refractivity contribution in [2.24, 2.45) is 5.73 Å². The zero-order valence-electron chi connectivity index (χ0n) is 9.05. The average molecular weight is 276 g/mol. The molecule has 1 aromatic carbocycles. The monoisotopic (exact) mass is 275 g/mol. The Balaban J connectivity index is 2.69. The Labute approximate surface area is 106 Å². The number of aromatic nitrogens is 2. The van der Waals surface area contributed by atoms with Crippen LogP contribution in [0.3, 0.4) is 0 Å². The topological polar surface area (TPSA) is 54.7 Å². The SMILES string of the molecule is NCc1[nH]nc(C(F)(F)F)c1-c1ccccc1Cl. The van der Waals surface area contributed by atoms with Crippen LogP contribution in [0.2, 0.25) is 5.02 Å². The number of hydrogen-bond donors (Lipinski definition) is 2. The molecule has 0 aliphatic rings. The van der Waals surface area contributed by atoms with Crippen LogP contribution in [-0.2, 0) is 12.7 Å². The first-order valence-corrected chi connectivity index (χ1v) is 5.42. The highest BCUT2D eigenvalue weighted by Gasteiger charge is 2.38. The van der Waals surface area contributed by atoms with E-state index in [2.05, 4.69) is 10.2 Å². The van der Waals surface area contributed by atoms with Crippen LogP contribution in [0.4, 0.5) is 13.2 Å². The van der Waals surface area contributed by atoms with Gasteiger partial charge in [-0.15, -0.1) is 0 Å². The van der Waals surface area contributed by atoms with E-state index in [1.807, 2.05) is 0 Å². The molecule has 0 bridgehead atoms. The van der Waals surface area contributed by atoms with E-state index in [0.717, 1.165) is 0 Å². The number of benzene rings is 1. The van der Waals surface area contributed by atoms with E-state index < -0.39 is 11.9 Å².